The second-order valence-corrected chi connectivity index (χ2v) is 6.08. The van der Waals surface area contributed by atoms with Gasteiger partial charge < -0.3 is 15.5 Å². The number of nitrogens with one attached hydrogen (secondary N) is 2. The number of benzene rings is 1. The summed E-state index contributed by atoms with van der Waals surface area (Å²) >= 11 is 0. The van der Waals surface area contributed by atoms with Crippen LogP contribution in [0.1, 0.15) is 18.4 Å². The second-order valence-electron chi connectivity index (χ2n) is 6.08. The van der Waals surface area contributed by atoms with E-state index in [4.69, 9.17) is 0 Å². The van der Waals surface area contributed by atoms with Crippen LogP contribution in [0.4, 0.5) is 10.1 Å². The summed E-state index contributed by atoms with van der Waals surface area (Å²) in [6.45, 7) is 5.28. The molecule has 2 fully saturated rings. The molecule has 2 aliphatic heterocycles. The van der Waals surface area contributed by atoms with Crippen LogP contribution in [0.25, 0.3) is 0 Å². The first-order valence-corrected chi connectivity index (χ1v) is 7.65. The summed E-state index contributed by atoms with van der Waals surface area (Å²) in [5.41, 5.74) is 2.02. The molecule has 1 aromatic rings. The fraction of sp³-hybridized carbons (Fsp3) is 0.562. The Morgan fingerprint density at radius 2 is 2.18 bits per heavy atom. The lowest BCUT2D eigenvalue weighted by molar-refractivity contribution is -0.127. The van der Waals surface area contributed by atoms with E-state index in [-0.39, 0.29) is 36.1 Å². The lowest BCUT2D eigenvalue weighted by Gasteiger charge is -2.37. The van der Waals surface area contributed by atoms with Gasteiger partial charge in [0.15, 0.2) is 0 Å². The first-order valence-electron chi connectivity index (χ1n) is 7.65. The van der Waals surface area contributed by atoms with Crippen molar-refractivity contribution in [3.05, 3.63) is 29.6 Å². The molecule has 1 aromatic carbocycles. The summed E-state index contributed by atoms with van der Waals surface area (Å²) in [6.07, 6.45) is 2.06. The molecule has 0 bridgehead atoms. The Labute approximate surface area is 136 Å². The number of rotatable bonds is 3. The summed E-state index contributed by atoms with van der Waals surface area (Å²) in [5.74, 6) is 0.0972. The van der Waals surface area contributed by atoms with Gasteiger partial charge in [0.05, 0.1) is 5.92 Å². The van der Waals surface area contributed by atoms with Gasteiger partial charge in [-0.2, -0.15) is 0 Å². The van der Waals surface area contributed by atoms with E-state index >= 15 is 0 Å². The van der Waals surface area contributed by atoms with Crippen molar-refractivity contribution >= 4 is 24.0 Å². The molecule has 6 heteroatoms. The van der Waals surface area contributed by atoms with Crippen molar-refractivity contribution in [1.29, 1.82) is 0 Å². The average molecular weight is 328 g/mol. The minimum absolute atomic E-state index is 0. The highest BCUT2D eigenvalue weighted by Gasteiger charge is 2.28. The third-order valence-electron chi connectivity index (χ3n) is 4.42. The molecule has 2 N–H and O–H groups in total. The van der Waals surface area contributed by atoms with Gasteiger partial charge in [-0.15, -0.1) is 12.4 Å². The second kappa shape index (κ2) is 7.29. The Hall–Kier alpha value is -1.33. The van der Waals surface area contributed by atoms with Gasteiger partial charge in [-0.1, -0.05) is 0 Å². The fourth-order valence-electron chi connectivity index (χ4n) is 3.08. The highest BCUT2D eigenvalue weighted by atomic mass is 35.5. The number of carbonyl (C=O) groups is 1. The average Bonchev–Trinajstić information content (AvgIpc) is 2.36. The summed E-state index contributed by atoms with van der Waals surface area (Å²) in [7, 11) is 0. The first-order chi connectivity index (χ1) is 10.1. The number of carbonyl (C=O) groups excluding carboxylic acids is 1. The van der Waals surface area contributed by atoms with E-state index in [0.29, 0.717) is 0 Å². The Kier molecular flexibility index (Phi) is 5.64. The molecular formula is C16H23ClFN3O. The van der Waals surface area contributed by atoms with Crippen molar-refractivity contribution in [2.24, 2.45) is 5.92 Å². The predicted octanol–water partition coefficient (Wildman–Crippen LogP) is 1.86. The van der Waals surface area contributed by atoms with E-state index in [9.17, 15) is 9.18 Å². The molecule has 0 aromatic heterocycles. The maximum atomic E-state index is 13.2. The van der Waals surface area contributed by atoms with Crippen molar-refractivity contribution in [2.45, 2.75) is 25.8 Å². The van der Waals surface area contributed by atoms with Crippen LogP contribution in [0.15, 0.2) is 18.2 Å². The lowest BCUT2D eigenvalue weighted by Crippen LogP contribution is -2.55. The zero-order chi connectivity index (χ0) is 14.8. The third-order valence-corrected chi connectivity index (χ3v) is 4.42. The molecule has 0 radical (unpaired) electrons. The van der Waals surface area contributed by atoms with Gasteiger partial charge in [0.1, 0.15) is 5.82 Å². The number of piperidine rings is 1. The molecule has 1 unspecified atom stereocenters. The van der Waals surface area contributed by atoms with Crippen LogP contribution >= 0.6 is 12.4 Å². The normalized spacial score (nSPS) is 21.7. The molecule has 4 nitrogen and oxygen atoms in total. The predicted molar refractivity (Wildman–Crippen MR) is 88.1 cm³/mol. The Morgan fingerprint density at radius 3 is 2.82 bits per heavy atom. The van der Waals surface area contributed by atoms with Crippen molar-refractivity contribution < 1.29 is 9.18 Å². The molecule has 1 amide bonds. The number of halogens is 2. The Bertz CT molecular complexity index is 536. The zero-order valence-corrected chi connectivity index (χ0v) is 13.6. The summed E-state index contributed by atoms with van der Waals surface area (Å²) in [4.78, 5) is 14.3. The summed E-state index contributed by atoms with van der Waals surface area (Å²) in [6, 6.07) is 5.10. The maximum Gasteiger partial charge on any atom is 0.225 e. The number of amides is 1. The van der Waals surface area contributed by atoms with Crippen LogP contribution in [0.5, 0.6) is 0 Å². The van der Waals surface area contributed by atoms with E-state index in [1.165, 1.54) is 6.07 Å². The SMILES string of the molecule is Cc1cc(F)ccc1N1CCCC(NC(=O)C2CNC2)C1.Cl. The van der Waals surface area contributed by atoms with Crippen LogP contribution in [0, 0.1) is 18.7 Å². The molecule has 0 saturated carbocycles. The maximum absolute atomic E-state index is 13.2. The van der Waals surface area contributed by atoms with Gasteiger partial charge in [-0.25, -0.2) is 4.39 Å². The number of hydrogen-bond donors (Lipinski definition) is 2. The van der Waals surface area contributed by atoms with E-state index < -0.39 is 0 Å². The van der Waals surface area contributed by atoms with Crippen molar-refractivity contribution in [3.8, 4) is 0 Å². The van der Waals surface area contributed by atoms with Crippen LogP contribution in [0.2, 0.25) is 0 Å². The van der Waals surface area contributed by atoms with Gasteiger partial charge in [0.2, 0.25) is 5.91 Å². The van der Waals surface area contributed by atoms with E-state index in [2.05, 4.69) is 15.5 Å². The molecule has 0 spiro atoms. The minimum Gasteiger partial charge on any atom is -0.369 e. The molecule has 0 aliphatic carbocycles. The smallest absolute Gasteiger partial charge is 0.225 e. The van der Waals surface area contributed by atoms with E-state index in [1.807, 2.05) is 13.0 Å². The van der Waals surface area contributed by atoms with Crippen LogP contribution in [0.3, 0.4) is 0 Å². The van der Waals surface area contributed by atoms with Crippen LogP contribution in [-0.4, -0.2) is 38.1 Å². The van der Waals surface area contributed by atoms with Crippen molar-refractivity contribution in [3.63, 3.8) is 0 Å². The van der Waals surface area contributed by atoms with Crippen LogP contribution in [-0.2, 0) is 4.79 Å². The van der Waals surface area contributed by atoms with Crippen molar-refractivity contribution in [2.75, 3.05) is 31.1 Å². The lowest BCUT2D eigenvalue weighted by atomic mass is 9.99. The minimum atomic E-state index is -0.199. The van der Waals surface area contributed by atoms with E-state index in [1.54, 1.807) is 6.07 Å². The summed E-state index contributed by atoms with van der Waals surface area (Å²) < 4.78 is 13.2. The van der Waals surface area contributed by atoms with E-state index in [0.717, 1.165) is 50.3 Å². The quantitative estimate of drug-likeness (QED) is 0.890. The molecule has 2 aliphatic rings. The van der Waals surface area contributed by atoms with Gasteiger partial charge in [0, 0.05) is 37.9 Å². The molecule has 2 heterocycles. The van der Waals surface area contributed by atoms with Gasteiger partial charge in [0.25, 0.3) is 0 Å². The number of aryl methyl sites for hydroxylation is 1. The number of nitrogens with zero attached hydrogens (tertiary/aromatic N) is 1. The monoisotopic (exact) mass is 327 g/mol. The standard InChI is InChI=1S/C16H22FN3O.ClH/c1-11-7-13(17)4-5-15(11)20-6-2-3-14(10-20)19-16(21)12-8-18-9-12;/h4-5,7,12,14,18H,2-3,6,8-10H2,1H3,(H,19,21);1H. The largest absolute Gasteiger partial charge is 0.369 e. The zero-order valence-electron chi connectivity index (χ0n) is 12.8. The number of hydrogen-bond acceptors (Lipinski definition) is 3. The van der Waals surface area contributed by atoms with Crippen LogP contribution < -0.4 is 15.5 Å². The fourth-order valence-corrected chi connectivity index (χ4v) is 3.08. The third kappa shape index (κ3) is 3.70. The Morgan fingerprint density at radius 1 is 1.41 bits per heavy atom. The van der Waals surface area contributed by atoms with Crippen molar-refractivity contribution in [1.82, 2.24) is 10.6 Å². The first kappa shape index (κ1) is 17.0. The highest BCUT2D eigenvalue weighted by Crippen LogP contribution is 2.24. The highest BCUT2D eigenvalue weighted by molar-refractivity contribution is 5.85. The molecule has 122 valence electrons. The molecule has 1 atom stereocenters. The molecule has 3 rings (SSSR count). The number of anilines is 1. The van der Waals surface area contributed by atoms with Gasteiger partial charge in [-0.05, 0) is 43.5 Å². The van der Waals surface area contributed by atoms with Gasteiger partial charge >= 0.3 is 0 Å². The Balaban J connectivity index is 0.00000176. The topological polar surface area (TPSA) is 44.4 Å². The molecule has 22 heavy (non-hydrogen) atoms. The van der Waals surface area contributed by atoms with Gasteiger partial charge in [-0.3, -0.25) is 4.79 Å². The molecule has 2 saturated heterocycles. The molecular weight excluding hydrogens is 305 g/mol. The summed E-state index contributed by atoms with van der Waals surface area (Å²) in [5, 5.41) is 6.28.